The summed E-state index contributed by atoms with van der Waals surface area (Å²) in [5.41, 5.74) is 0.495. The number of ether oxygens (including phenoxy) is 2. The third-order valence-corrected chi connectivity index (χ3v) is 4.89. The van der Waals surface area contributed by atoms with Gasteiger partial charge in [-0.1, -0.05) is 0 Å². The van der Waals surface area contributed by atoms with Gasteiger partial charge in [-0.25, -0.2) is 0 Å². The predicted molar refractivity (Wildman–Crippen MR) is 100 cm³/mol. The fraction of sp³-hybridized carbons (Fsp3) is 0.556. The molecule has 1 N–H and O–H groups in total. The molecule has 144 valence electrons. The average molecular weight is 384 g/mol. The molecule has 1 aromatic carbocycles. The van der Waals surface area contributed by atoms with E-state index in [2.05, 4.69) is 5.32 Å². The number of carbonyl (C=O) groups is 2. The minimum Gasteiger partial charge on any atom is -0.497 e. The van der Waals surface area contributed by atoms with Crippen LogP contribution in [0.25, 0.3) is 0 Å². The molecular weight excluding hydrogens is 358 g/mol. The SMILES string of the molecule is COc1ccc(OC)c(C(=O)N2CCCC(N3CCNCC3=O)C2)c1.Cl. The largest absolute Gasteiger partial charge is 0.497 e. The summed E-state index contributed by atoms with van der Waals surface area (Å²) in [6.45, 7) is 3.14. The molecule has 2 saturated heterocycles. The lowest BCUT2D eigenvalue weighted by molar-refractivity contribution is -0.135. The molecule has 1 unspecified atom stereocenters. The first-order valence-electron chi connectivity index (χ1n) is 8.65. The molecule has 0 saturated carbocycles. The van der Waals surface area contributed by atoms with Crippen molar-refractivity contribution in [3.8, 4) is 11.5 Å². The second-order valence-electron chi connectivity index (χ2n) is 6.38. The smallest absolute Gasteiger partial charge is 0.257 e. The maximum absolute atomic E-state index is 13.0. The van der Waals surface area contributed by atoms with E-state index in [1.807, 2.05) is 9.80 Å². The summed E-state index contributed by atoms with van der Waals surface area (Å²) < 4.78 is 10.6. The van der Waals surface area contributed by atoms with E-state index in [0.717, 1.165) is 19.4 Å². The first-order chi connectivity index (χ1) is 12.1. The van der Waals surface area contributed by atoms with Gasteiger partial charge in [0.1, 0.15) is 11.5 Å². The van der Waals surface area contributed by atoms with Crippen LogP contribution in [0.2, 0.25) is 0 Å². The molecule has 8 heteroatoms. The third kappa shape index (κ3) is 4.22. The number of hydrogen-bond donors (Lipinski definition) is 1. The second kappa shape index (κ2) is 9.09. The summed E-state index contributed by atoms with van der Waals surface area (Å²) >= 11 is 0. The van der Waals surface area contributed by atoms with Gasteiger partial charge in [0, 0.05) is 32.2 Å². The number of piperidine rings is 1. The van der Waals surface area contributed by atoms with Crippen LogP contribution in [0, 0.1) is 0 Å². The summed E-state index contributed by atoms with van der Waals surface area (Å²) in [7, 11) is 3.12. The molecule has 0 aromatic heterocycles. The first-order valence-corrected chi connectivity index (χ1v) is 8.65. The third-order valence-electron chi connectivity index (χ3n) is 4.89. The van der Waals surface area contributed by atoms with Gasteiger partial charge >= 0.3 is 0 Å². The van der Waals surface area contributed by atoms with Crippen LogP contribution in [0.1, 0.15) is 23.2 Å². The molecular formula is C18H26ClN3O4. The lowest BCUT2D eigenvalue weighted by Crippen LogP contribution is -2.57. The summed E-state index contributed by atoms with van der Waals surface area (Å²) in [6.07, 6.45) is 1.82. The zero-order valence-corrected chi connectivity index (χ0v) is 16.0. The minimum atomic E-state index is -0.0805. The van der Waals surface area contributed by atoms with E-state index in [9.17, 15) is 9.59 Å². The average Bonchev–Trinajstić information content (AvgIpc) is 2.67. The Labute approximate surface area is 160 Å². The van der Waals surface area contributed by atoms with E-state index in [1.54, 1.807) is 32.4 Å². The molecule has 3 rings (SSSR count). The van der Waals surface area contributed by atoms with Crippen LogP contribution >= 0.6 is 12.4 Å². The van der Waals surface area contributed by atoms with Crippen molar-refractivity contribution in [2.45, 2.75) is 18.9 Å². The van der Waals surface area contributed by atoms with E-state index in [0.29, 0.717) is 43.2 Å². The summed E-state index contributed by atoms with van der Waals surface area (Å²) in [5.74, 6) is 1.19. The Morgan fingerprint density at radius 1 is 1.23 bits per heavy atom. The van der Waals surface area contributed by atoms with E-state index < -0.39 is 0 Å². The van der Waals surface area contributed by atoms with Gasteiger partial charge in [-0.05, 0) is 31.0 Å². The van der Waals surface area contributed by atoms with Crippen LogP contribution in [-0.2, 0) is 4.79 Å². The molecule has 2 heterocycles. The number of likely N-dealkylation sites (tertiary alicyclic amines) is 1. The van der Waals surface area contributed by atoms with E-state index in [-0.39, 0.29) is 30.3 Å². The van der Waals surface area contributed by atoms with E-state index >= 15 is 0 Å². The molecule has 2 aliphatic rings. The maximum Gasteiger partial charge on any atom is 0.257 e. The Kier molecular flexibility index (Phi) is 7.11. The van der Waals surface area contributed by atoms with Gasteiger partial charge in [-0.3, -0.25) is 9.59 Å². The van der Waals surface area contributed by atoms with Crippen molar-refractivity contribution in [2.75, 3.05) is 46.9 Å². The molecule has 2 aliphatic heterocycles. The highest BCUT2D eigenvalue weighted by atomic mass is 35.5. The number of carbonyl (C=O) groups excluding carboxylic acids is 2. The highest BCUT2D eigenvalue weighted by Crippen LogP contribution is 2.27. The number of nitrogens with one attached hydrogen (secondary N) is 1. The quantitative estimate of drug-likeness (QED) is 0.844. The predicted octanol–water partition coefficient (Wildman–Crippen LogP) is 1.16. The van der Waals surface area contributed by atoms with Gasteiger partial charge in [0.2, 0.25) is 5.91 Å². The summed E-state index contributed by atoms with van der Waals surface area (Å²) in [6, 6.07) is 5.31. The van der Waals surface area contributed by atoms with Crippen molar-refractivity contribution in [3.05, 3.63) is 23.8 Å². The van der Waals surface area contributed by atoms with Crippen molar-refractivity contribution in [1.82, 2.24) is 15.1 Å². The number of rotatable bonds is 4. The maximum atomic E-state index is 13.0. The van der Waals surface area contributed by atoms with Gasteiger partial charge in [0.15, 0.2) is 0 Å². The number of halogens is 1. The van der Waals surface area contributed by atoms with E-state index in [4.69, 9.17) is 9.47 Å². The highest BCUT2D eigenvalue weighted by Gasteiger charge is 2.32. The Morgan fingerprint density at radius 3 is 2.73 bits per heavy atom. The summed E-state index contributed by atoms with van der Waals surface area (Å²) in [4.78, 5) is 28.9. The van der Waals surface area contributed by atoms with Gasteiger partial charge in [0.25, 0.3) is 5.91 Å². The molecule has 0 aliphatic carbocycles. The highest BCUT2D eigenvalue weighted by molar-refractivity contribution is 5.97. The van der Waals surface area contributed by atoms with Gasteiger partial charge in [-0.2, -0.15) is 0 Å². The van der Waals surface area contributed by atoms with Gasteiger partial charge in [0.05, 0.1) is 26.3 Å². The molecule has 1 atom stereocenters. The van der Waals surface area contributed by atoms with Crippen molar-refractivity contribution < 1.29 is 19.1 Å². The number of nitrogens with zero attached hydrogens (tertiary/aromatic N) is 2. The van der Waals surface area contributed by atoms with Crippen molar-refractivity contribution in [2.24, 2.45) is 0 Å². The van der Waals surface area contributed by atoms with Crippen LogP contribution in [0.5, 0.6) is 11.5 Å². The molecule has 0 bridgehead atoms. The normalized spacial score (nSPS) is 20.4. The Morgan fingerprint density at radius 2 is 2.04 bits per heavy atom. The van der Waals surface area contributed by atoms with Crippen LogP contribution in [0.15, 0.2) is 18.2 Å². The molecule has 0 spiro atoms. The van der Waals surface area contributed by atoms with Crippen molar-refractivity contribution >= 4 is 24.2 Å². The summed E-state index contributed by atoms with van der Waals surface area (Å²) in [5, 5.41) is 3.09. The number of amides is 2. The van der Waals surface area contributed by atoms with Crippen LogP contribution in [0.4, 0.5) is 0 Å². The number of benzene rings is 1. The van der Waals surface area contributed by atoms with Gasteiger partial charge in [-0.15, -0.1) is 12.4 Å². The molecule has 7 nitrogen and oxygen atoms in total. The Hall–Kier alpha value is -1.99. The molecule has 1 aromatic rings. The number of piperazine rings is 1. The van der Waals surface area contributed by atoms with Crippen molar-refractivity contribution in [1.29, 1.82) is 0 Å². The van der Waals surface area contributed by atoms with E-state index in [1.165, 1.54) is 0 Å². The van der Waals surface area contributed by atoms with Gasteiger partial charge < -0.3 is 24.6 Å². The monoisotopic (exact) mass is 383 g/mol. The topological polar surface area (TPSA) is 71.1 Å². The number of methoxy groups -OCH3 is 2. The van der Waals surface area contributed by atoms with Crippen molar-refractivity contribution in [3.63, 3.8) is 0 Å². The minimum absolute atomic E-state index is 0. The zero-order valence-electron chi connectivity index (χ0n) is 15.2. The van der Waals surface area contributed by atoms with Crippen LogP contribution in [-0.4, -0.2) is 74.6 Å². The van der Waals surface area contributed by atoms with Crippen LogP contribution in [0.3, 0.4) is 0 Å². The molecule has 26 heavy (non-hydrogen) atoms. The molecule has 0 radical (unpaired) electrons. The standard InChI is InChI=1S/C18H25N3O4.ClH/c1-24-14-5-6-16(25-2)15(10-14)18(23)20-8-3-4-13(12-20)21-9-7-19-11-17(21)22;/h5-6,10,13,19H,3-4,7-9,11-12H2,1-2H3;1H. The fourth-order valence-electron chi connectivity index (χ4n) is 3.55. The van der Waals surface area contributed by atoms with Crippen LogP contribution < -0.4 is 14.8 Å². The Balaban J connectivity index is 0.00000243. The Bertz CT molecular complexity index is 655. The first kappa shape index (κ1) is 20.3. The zero-order chi connectivity index (χ0) is 17.8. The lowest BCUT2D eigenvalue weighted by atomic mass is 10.0. The second-order valence-corrected chi connectivity index (χ2v) is 6.38. The lowest BCUT2D eigenvalue weighted by Gasteiger charge is -2.41. The fourth-order valence-corrected chi connectivity index (χ4v) is 3.55. The molecule has 2 fully saturated rings. The number of hydrogen-bond acceptors (Lipinski definition) is 5. The molecule has 2 amide bonds.